The van der Waals surface area contributed by atoms with E-state index in [1.807, 2.05) is 12.1 Å². The number of nitriles is 1. The molecule has 1 saturated heterocycles. The van der Waals surface area contributed by atoms with E-state index in [9.17, 15) is 5.26 Å². The third-order valence-electron chi connectivity index (χ3n) is 4.10. The Bertz CT molecular complexity index is 739. The molecule has 1 aliphatic rings. The second-order valence-electron chi connectivity index (χ2n) is 5.78. The van der Waals surface area contributed by atoms with Crippen molar-refractivity contribution in [2.24, 2.45) is 0 Å². The molecule has 2 heterocycles. The molecule has 1 aromatic heterocycles. The molecule has 1 N–H and O–H groups in total. The van der Waals surface area contributed by atoms with E-state index in [2.05, 4.69) is 16.4 Å². The minimum atomic E-state index is 0.314. The number of rotatable bonds is 6. The summed E-state index contributed by atoms with van der Waals surface area (Å²) in [6.45, 7) is 3.00. The first-order valence-electron chi connectivity index (χ1n) is 8.19. The molecule has 126 valence electrons. The molecular formula is C18H20ClN3O2. The highest BCUT2D eigenvalue weighted by Crippen LogP contribution is 2.28. The Balaban J connectivity index is 1.59. The summed E-state index contributed by atoms with van der Waals surface area (Å²) in [7, 11) is 0. The average molecular weight is 346 g/mol. The van der Waals surface area contributed by atoms with E-state index >= 15 is 0 Å². The highest BCUT2D eigenvalue weighted by Gasteiger charge is 2.13. The van der Waals surface area contributed by atoms with Gasteiger partial charge in [0.15, 0.2) is 0 Å². The van der Waals surface area contributed by atoms with Crippen LogP contribution < -0.4 is 5.32 Å². The van der Waals surface area contributed by atoms with Crippen molar-refractivity contribution in [1.29, 1.82) is 5.26 Å². The Morgan fingerprint density at radius 1 is 1.38 bits per heavy atom. The van der Waals surface area contributed by atoms with Gasteiger partial charge in [-0.05, 0) is 37.5 Å². The molecule has 0 radical (unpaired) electrons. The topological polar surface area (TPSA) is 67.2 Å². The number of anilines is 1. The van der Waals surface area contributed by atoms with E-state index in [0.717, 1.165) is 55.6 Å². The molecule has 0 aliphatic carbocycles. The number of hydrogen-bond acceptors (Lipinski definition) is 5. The molecule has 0 saturated carbocycles. The molecule has 0 amide bonds. The van der Waals surface area contributed by atoms with Crippen LogP contribution in [0.4, 0.5) is 5.69 Å². The highest BCUT2D eigenvalue weighted by molar-refractivity contribution is 6.31. The van der Waals surface area contributed by atoms with Crippen LogP contribution in [0.2, 0.25) is 5.02 Å². The number of benzene rings is 1. The van der Waals surface area contributed by atoms with Crippen LogP contribution in [0.3, 0.4) is 0 Å². The van der Waals surface area contributed by atoms with Gasteiger partial charge in [-0.15, -0.1) is 0 Å². The molecule has 0 bridgehead atoms. The maximum atomic E-state index is 9.32. The van der Waals surface area contributed by atoms with Gasteiger partial charge in [0.1, 0.15) is 6.07 Å². The molecule has 0 spiro atoms. The predicted molar refractivity (Wildman–Crippen MR) is 94.4 cm³/mol. The first-order chi connectivity index (χ1) is 11.8. The average Bonchev–Trinajstić information content (AvgIpc) is 2.62. The fourth-order valence-corrected chi connectivity index (χ4v) is 2.99. The van der Waals surface area contributed by atoms with Gasteiger partial charge in [-0.3, -0.25) is 4.98 Å². The van der Waals surface area contributed by atoms with Gasteiger partial charge in [0.05, 0.1) is 22.9 Å². The normalized spacial score (nSPS) is 15.3. The largest absolute Gasteiger partial charge is 0.383 e. The zero-order valence-electron chi connectivity index (χ0n) is 13.4. The Labute approximate surface area is 146 Å². The lowest BCUT2D eigenvalue weighted by atomic mass is 10.1. The number of nitrogens with one attached hydrogen (secondary N) is 1. The third-order valence-corrected chi connectivity index (χ3v) is 4.33. The summed E-state index contributed by atoms with van der Waals surface area (Å²) in [6, 6.07) is 7.68. The fourth-order valence-electron chi connectivity index (χ4n) is 2.82. The quantitative estimate of drug-likeness (QED) is 0.807. The van der Waals surface area contributed by atoms with Crippen LogP contribution in [-0.2, 0) is 9.47 Å². The predicted octanol–water partition coefficient (Wildman–Crippen LogP) is 3.76. The number of ether oxygens (including phenoxy) is 2. The minimum Gasteiger partial charge on any atom is -0.383 e. The van der Waals surface area contributed by atoms with Crippen molar-refractivity contribution in [3.63, 3.8) is 0 Å². The van der Waals surface area contributed by atoms with Crippen molar-refractivity contribution in [1.82, 2.24) is 4.98 Å². The van der Waals surface area contributed by atoms with Gasteiger partial charge in [0.25, 0.3) is 0 Å². The van der Waals surface area contributed by atoms with E-state index in [0.29, 0.717) is 23.3 Å². The number of aromatic nitrogens is 1. The molecule has 1 fully saturated rings. The Kier molecular flexibility index (Phi) is 5.86. The van der Waals surface area contributed by atoms with Gasteiger partial charge in [0.2, 0.25) is 0 Å². The molecule has 0 atom stereocenters. The first-order valence-corrected chi connectivity index (χ1v) is 8.57. The monoisotopic (exact) mass is 345 g/mol. The maximum Gasteiger partial charge on any atom is 0.103 e. The van der Waals surface area contributed by atoms with Gasteiger partial charge >= 0.3 is 0 Å². The smallest absolute Gasteiger partial charge is 0.103 e. The molecule has 2 aromatic rings. The molecule has 1 aromatic carbocycles. The van der Waals surface area contributed by atoms with Gasteiger partial charge in [-0.2, -0.15) is 5.26 Å². The molecule has 6 heteroatoms. The van der Waals surface area contributed by atoms with E-state index in [1.54, 1.807) is 12.3 Å². The Hall–Kier alpha value is -1.87. The van der Waals surface area contributed by atoms with Gasteiger partial charge in [0, 0.05) is 43.0 Å². The van der Waals surface area contributed by atoms with Crippen LogP contribution in [0.1, 0.15) is 24.8 Å². The summed E-state index contributed by atoms with van der Waals surface area (Å²) in [5.41, 5.74) is 2.13. The lowest BCUT2D eigenvalue weighted by molar-refractivity contribution is -0.0316. The van der Waals surface area contributed by atoms with Crippen LogP contribution >= 0.6 is 11.6 Å². The zero-order chi connectivity index (χ0) is 16.8. The summed E-state index contributed by atoms with van der Waals surface area (Å²) in [5, 5.41) is 14.2. The number of fused-ring (bicyclic) bond motifs is 1. The number of halogens is 1. The summed E-state index contributed by atoms with van der Waals surface area (Å²) in [5.74, 6) is 0. The van der Waals surface area contributed by atoms with Crippen molar-refractivity contribution < 1.29 is 9.47 Å². The molecular weight excluding hydrogens is 326 g/mol. The van der Waals surface area contributed by atoms with Crippen molar-refractivity contribution in [2.45, 2.75) is 25.4 Å². The van der Waals surface area contributed by atoms with Crippen LogP contribution in [-0.4, -0.2) is 37.5 Å². The molecule has 5 nitrogen and oxygen atoms in total. The Morgan fingerprint density at radius 2 is 2.21 bits per heavy atom. The van der Waals surface area contributed by atoms with E-state index in [1.165, 1.54) is 0 Å². The van der Waals surface area contributed by atoms with E-state index in [4.69, 9.17) is 21.1 Å². The second-order valence-corrected chi connectivity index (χ2v) is 6.22. The van der Waals surface area contributed by atoms with Crippen molar-refractivity contribution >= 4 is 28.2 Å². The summed E-state index contributed by atoms with van der Waals surface area (Å²) in [4.78, 5) is 4.30. The van der Waals surface area contributed by atoms with E-state index in [-0.39, 0.29) is 0 Å². The second kappa shape index (κ2) is 8.29. The van der Waals surface area contributed by atoms with Gasteiger partial charge < -0.3 is 14.8 Å². The molecule has 1 aliphatic heterocycles. The lowest BCUT2D eigenvalue weighted by Crippen LogP contribution is -2.24. The van der Waals surface area contributed by atoms with Crippen LogP contribution in [0.15, 0.2) is 24.4 Å². The standard InChI is InChI=1S/C18H20ClN3O2/c19-14-2-3-17-16(10-14)18(13(11-20)12-22-17)21-6-1-7-24-15-4-8-23-9-5-15/h2-3,10,12,15H,1,4-9H2,(H,21,22). The number of hydrogen-bond donors (Lipinski definition) is 1. The lowest BCUT2D eigenvalue weighted by Gasteiger charge is -2.22. The fraction of sp³-hybridized carbons (Fsp3) is 0.444. The molecule has 3 rings (SSSR count). The van der Waals surface area contributed by atoms with Gasteiger partial charge in [-0.1, -0.05) is 11.6 Å². The van der Waals surface area contributed by atoms with Gasteiger partial charge in [-0.25, -0.2) is 0 Å². The van der Waals surface area contributed by atoms with Crippen LogP contribution in [0.25, 0.3) is 10.9 Å². The SMILES string of the molecule is N#Cc1cnc2ccc(Cl)cc2c1NCCCOC1CCOCC1. The minimum absolute atomic E-state index is 0.314. The van der Waals surface area contributed by atoms with Crippen molar-refractivity contribution in [3.05, 3.63) is 35.0 Å². The summed E-state index contributed by atoms with van der Waals surface area (Å²) < 4.78 is 11.2. The number of nitrogens with zero attached hydrogens (tertiary/aromatic N) is 2. The van der Waals surface area contributed by atoms with Crippen LogP contribution in [0, 0.1) is 11.3 Å². The first kappa shape index (κ1) is 17.0. The Morgan fingerprint density at radius 3 is 3.00 bits per heavy atom. The van der Waals surface area contributed by atoms with E-state index < -0.39 is 0 Å². The summed E-state index contributed by atoms with van der Waals surface area (Å²) in [6.07, 6.45) is 4.72. The zero-order valence-corrected chi connectivity index (χ0v) is 14.2. The third kappa shape index (κ3) is 4.15. The van der Waals surface area contributed by atoms with Crippen molar-refractivity contribution in [3.8, 4) is 6.07 Å². The molecule has 0 unspecified atom stereocenters. The van der Waals surface area contributed by atoms with Crippen LogP contribution in [0.5, 0.6) is 0 Å². The highest BCUT2D eigenvalue weighted by atomic mass is 35.5. The number of pyridine rings is 1. The van der Waals surface area contributed by atoms with Crippen molar-refractivity contribution in [2.75, 3.05) is 31.7 Å². The molecule has 24 heavy (non-hydrogen) atoms. The summed E-state index contributed by atoms with van der Waals surface area (Å²) >= 11 is 6.09. The maximum absolute atomic E-state index is 9.32.